The van der Waals surface area contributed by atoms with E-state index in [-0.39, 0.29) is 5.69 Å². The van der Waals surface area contributed by atoms with Gasteiger partial charge in [0.25, 0.3) is 0 Å². The predicted octanol–water partition coefficient (Wildman–Crippen LogP) is 2.54. The van der Waals surface area contributed by atoms with Crippen molar-refractivity contribution >= 4 is 16.9 Å². The number of fused-ring (bicyclic) bond motifs is 1. The maximum Gasteiger partial charge on any atom is 0.356 e. The van der Waals surface area contributed by atoms with Gasteiger partial charge in [-0.3, -0.25) is 4.68 Å². The zero-order valence-corrected chi connectivity index (χ0v) is 11.0. The smallest absolute Gasteiger partial charge is 0.356 e. The summed E-state index contributed by atoms with van der Waals surface area (Å²) in [5.41, 5.74) is 1.26. The Kier molecular flexibility index (Phi) is 2.71. The molecule has 102 valence electrons. The summed E-state index contributed by atoms with van der Waals surface area (Å²) >= 11 is 0. The standard InChI is InChI=1S/C14H12N2O4/c1-16-10(7-9(15-16)14(17)18)13-6-8-11(19-2)4-3-5-12(8)20-13/h3-7H,1-2H3,(H,17,18). The van der Waals surface area contributed by atoms with Gasteiger partial charge in [-0.25, -0.2) is 4.79 Å². The molecule has 0 aliphatic rings. The van der Waals surface area contributed by atoms with E-state index in [1.165, 1.54) is 10.7 Å². The molecular weight excluding hydrogens is 260 g/mol. The molecule has 3 rings (SSSR count). The summed E-state index contributed by atoms with van der Waals surface area (Å²) in [5, 5.41) is 13.7. The van der Waals surface area contributed by atoms with Gasteiger partial charge in [-0.05, 0) is 18.2 Å². The first kappa shape index (κ1) is 12.3. The van der Waals surface area contributed by atoms with Gasteiger partial charge in [0.05, 0.1) is 12.5 Å². The second-order valence-corrected chi connectivity index (χ2v) is 4.33. The first-order valence-corrected chi connectivity index (χ1v) is 5.94. The van der Waals surface area contributed by atoms with Crippen molar-refractivity contribution in [1.82, 2.24) is 9.78 Å². The SMILES string of the molecule is COc1cccc2oc(-c3cc(C(=O)O)nn3C)cc12. The molecule has 0 unspecified atom stereocenters. The maximum atomic E-state index is 10.9. The monoisotopic (exact) mass is 272 g/mol. The van der Waals surface area contributed by atoms with Crippen LogP contribution in [0.4, 0.5) is 0 Å². The summed E-state index contributed by atoms with van der Waals surface area (Å²) in [4.78, 5) is 10.9. The van der Waals surface area contributed by atoms with Crippen LogP contribution in [0.5, 0.6) is 5.75 Å². The second kappa shape index (κ2) is 4.41. The minimum absolute atomic E-state index is 0.0186. The Morgan fingerprint density at radius 3 is 2.85 bits per heavy atom. The number of ether oxygens (including phenoxy) is 1. The fourth-order valence-electron chi connectivity index (χ4n) is 2.14. The van der Waals surface area contributed by atoms with Crippen molar-refractivity contribution in [2.24, 2.45) is 7.05 Å². The number of aromatic carboxylic acids is 1. The van der Waals surface area contributed by atoms with Gasteiger partial charge in [-0.2, -0.15) is 5.10 Å². The van der Waals surface area contributed by atoms with Gasteiger partial charge in [-0.1, -0.05) is 6.07 Å². The number of carbonyl (C=O) groups is 1. The average molecular weight is 272 g/mol. The first-order chi connectivity index (χ1) is 9.60. The molecule has 2 heterocycles. The topological polar surface area (TPSA) is 77.5 Å². The highest BCUT2D eigenvalue weighted by molar-refractivity contribution is 5.90. The predicted molar refractivity (Wildman–Crippen MR) is 71.9 cm³/mol. The van der Waals surface area contributed by atoms with Crippen molar-refractivity contribution in [3.63, 3.8) is 0 Å². The second-order valence-electron chi connectivity index (χ2n) is 4.33. The molecule has 0 bridgehead atoms. The molecule has 6 nitrogen and oxygen atoms in total. The molecule has 0 spiro atoms. The minimum Gasteiger partial charge on any atom is -0.496 e. The zero-order chi connectivity index (χ0) is 14.3. The summed E-state index contributed by atoms with van der Waals surface area (Å²) in [5.74, 6) is 0.186. The molecular formula is C14H12N2O4. The molecule has 0 atom stereocenters. The lowest BCUT2D eigenvalue weighted by Crippen LogP contribution is -1.99. The molecule has 3 aromatic rings. The van der Waals surface area contributed by atoms with Crippen molar-refractivity contribution in [2.45, 2.75) is 0 Å². The van der Waals surface area contributed by atoms with Gasteiger partial charge in [0, 0.05) is 13.1 Å². The minimum atomic E-state index is -1.07. The Hall–Kier alpha value is -2.76. The molecule has 0 aliphatic heterocycles. The molecule has 1 N–H and O–H groups in total. The van der Waals surface area contributed by atoms with E-state index in [9.17, 15) is 4.79 Å². The van der Waals surface area contributed by atoms with E-state index in [2.05, 4.69) is 5.10 Å². The van der Waals surface area contributed by atoms with E-state index in [0.717, 1.165) is 5.39 Å². The number of aromatic nitrogens is 2. The number of rotatable bonds is 3. The maximum absolute atomic E-state index is 10.9. The zero-order valence-electron chi connectivity index (χ0n) is 11.0. The Labute approximate surface area is 114 Å². The normalized spacial score (nSPS) is 10.9. The number of aryl methyl sites for hydroxylation is 1. The third-order valence-corrected chi connectivity index (χ3v) is 3.09. The third kappa shape index (κ3) is 1.82. The number of hydrogen-bond donors (Lipinski definition) is 1. The molecule has 0 fully saturated rings. The Balaban J connectivity index is 2.17. The number of carboxylic acids is 1. The van der Waals surface area contributed by atoms with E-state index in [0.29, 0.717) is 22.8 Å². The summed E-state index contributed by atoms with van der Waals surface area (Å²) in [6.45, 7) is 0. The lowest BCUT2D eigenvalue weighted by Gasteiger charge is -1.98. The number of furan rings is 1. The van der Waals surface area contributed by atoms with Gasteiger partial charge in [0.2, 0.25) is 0 Å². The summed E-state index contributed by atoms with van der Waals surface area (Å²) in [6, 6.07) is 8.80. The van der Waals surface area contributed by atoms with E-state index < -0.39 is 5.97 Å². The van der Waals surface area contributed by atoms with Crippen LogP contribution in [0.1, 0.15) is 10.5 Å². The third-order valence-electron chi connectivity index (χ3n) is 3.09. The molecule has 6 heteroatoms. The largest absolute Gasteiger partial charge is 0.496 e. The van der Waals surface area contributed by atoms with Gasteiger partial charge in [-0.15, -0.1) is 0 Å². The number of methoxy groups -OCH3 is 1. The number of nitrogens with zero attached hydrogens (tertiary/aromatic N) is 2. The highest BCUT2D eigenvalue weighted by Gasteiger charge is 2.16. The Bertz CT molecular complexity index is 801. The van der Waals surface area contributed by atoms with Crippen LogP contribution in [0.2, 0.25) is 0 Å². The number of benzene rings is 1. The average Bonchev–Trinajstić information content (AvgIpc) is 3.01. The Morgan fingerprint density at radius 1 is 1.40 bits per heavy atom. The van der Waals surface area contributed by atoms with Crippen LogP contribution in [0.3, 0.4) is 0 Å². The first-order valence-electron chi connectivity index (χ1n) is 5.94. The van der Waals surface area contributed by atoms with Crippen molar-refractivity contribution < 1.29 is 19.1 Å². The van der Waals surface area contributed by atoms with Crippen LogP contribution in [-0.2, 0) is 7.05 Å². The summed E-state index contributed by atoms with van der Waals surface area (Å²) < 4.78 is 12.5. The quantitative estimate of drug-likeness (QED) is 0.792. The van der Waals surface area contributed by atoms with Gasteiger partial charge < -0.3 is 14.3 Å². The van der Waals surface area contributed by atoms with Gasteiger partial charge in [0.15, 0.2) is 11.5 Å². The highest BCUT2D eigenvalue weighted by atomic mass is 16.5. The van der Waals surface area contributed by atoms with Crippen molar-refractivity contribution in [2.75, 3.05) is 7.11 Å². The van der Waals surface area contributed by atoms with Gasteiger partial charge in [0.1, 0.15) is 17.0 Å². The summed E-state index contributed by atoms with van der Waals surface area (Å²) in [6.07, 6.45) is 0. The molecule has 0 saturated carbocycles. The number of hydrogen-bond acceptors (Lipinski definition) is 4. The molecule has 0 radical (unpaired) electrons. The lowest BCUT2D eigenvalue weighted by atomic mass is 10.2. The van der Waals surface area contributed by atoms with E-state index >= 15 is 0 Å². The van der Waals surface area contributed by atoms with Crippen molar-refractivity contribution in [1.29, 1.82) is 0 Å². The Morgan fingerprint density at radius 2 is 2.20 bits per heavy atom. The van der Waals surface area contributed by atoms with Crippen LogP contribution in [0.25, 0.3) is 22.4 Å². The summed E-state index contributed by atoms with van der Waals surface area (Å²) in [7, 11) is 3.26. The molecule has 2 aromatic heterocycles. The fourth-order valence-corrected chi connectivity index (χ4v) is 2.14. The van der Waals surface area contributed by atoms with Gasteiger partial charge >= 0.3 is 5.97 Å². The fraction of sp³-hybridized carbons (Fsp3) is 0.143. The molecule has 1 aromatic carbocycles. The van der Waals surface area contributed by atoms with Crippen LogP contribution in [0, 0.1) is 0 Å². The molecule has 0 amide bonds. The van der Waals surface area contributed by atoms with E-state index in [4.69, 9.17) is 14.3 Å². The number of carboxylic acid groups (broad SMARTS) is 1. The van der Waals surface area contributed by atoms with Crippen molar-refractivity contribution in [3.8, 4) is 17.2 Å². The molecule has 0 saturated heterocycles. The molecule has 0 aliphatic carbocycles. The van der Waals surface area contributed by atoms with Crippen molar-refractivity contribution in [3.05, 3.63) is 36.0 Å². The van der Waals surface area contributed by atoms with E-state index in [1.54, 1.807) is 14.2 Å². The van der Waals surface area contributed by atoms with Crippen LogP contribution >= 0.6 is 0 Å². The highest BCUT2D eigenvalue weighted by Crippen LogP contribution is 2.33. The van der Waals surface area contributed by atoms with E-state index in [1.807, 2.05) is 24.3 Å². The van der Waals surface area contributed by atoms with Crippen LogP contribution in [0.15, 0.2) is 34.7 Å². The van der Waals surface area contributed by atoms with Crippen LogP contribution < -0.4 is 4.74 Å². The van der Waals surface area contributed by atoms with Crippen LogP contribution in [-0.4, -0.2) is 28.0 Å². The molecule has 20 heavy (non-hydrogen) atoms. The lowest BCUT2D eigenvalue weighted by molar-refractivity contribution is 0.0689.